The summed E-state index contributed by atoms with van der Waals surface area (Å²) in [5.74, 6) is -1.02. The van der Waals surface area contributed by atoms with E-state index in [0.717, 1.165) is 0 Å². The highest BCUT2D eigenvalue weighted by atomic mass is 16.3. The van der Waals surface area contributed by atoms with Crippen molar-refractivity contribution >= 4 is 11.6 Å². The lowest BCUT2D eigenvalue weighted by Gasteiger charge is -2.04. The van der Waals surface area contributed by atoms with Gasteiger partial charge in [-0.15, -0.1) is 0 Å². The van der Waals surface area contributed by atoms with Gasteiger partial charge in [0.15, 0.2) is 6.07 Å². The summed E-state index contributed by atoms with van der Waals surface area (Å²) < 4.78 is 0. The van der Waals surface area contributed by atoms with Crippen LogP contribution in [0.25, 0.3) is 0 Å². The Labute approximate surface area is 91.4 Å². The van der Waals surface area contributed by atoms with Crippen LogP contribution in [0.15, 0.2) is 23.3 Å². The van der Waals surface area contributed by atoms with Gasteiger partial charge in [-0.05, 0) is 25.1 Å². The Bertz CT molecular complexity index is 489. The molecule has 0 saturated carbocycles. The van der Waals surface area contributed by atoms with Gasteiger partial charge in [-0.1, -0.05) is 0 Å². The van der Waals surface area contributed by atoms with E-state index >= 15 is 0 Å². The van der Waals surface area contributed by atoms with Crippen molar-refractivity contribution in [3.05, 3.63) is 23.8 Å². The molecule has 0 aliphatic carbocycles. The highest BCUT2D eigenvalue weighted by Gasteiger charge is 2.06. The molecule has 1 aromatic rings. The highest BCUT2D eigenvalue weighted by molar-refractivity contribution is 6.02. The van der Waals surface area contributed by atoms with Crippen LogP contribution in [0.3, 0.4) is 0 Å². The predicted octanol–water partition coefficient (Wildman–Crippen LogP) is 0.462. The second-order valence-corrected chi connectivity index (χ2v) is 2.95. The van der Waals surface area contributed by atoms with Gasteiger partial charge in [-0.3, -0.25) is 4.79 Å². The third-order valence-electron chi connectivity index (χ3n) is 1.80. The van der Waals surface area contributed by atoms with Crippen LogP contribution in [0, 0.1) is 11.3 Å². The lowest BCUT2D eigenvalue weighted by molar-refractivity contribution is -0.115. The zero-order valence-corrected chi connectivity index (χ0v) is 8.43. The van der Waals surface area contributed by atoms with Crippen LogP contribution < -0.4 is 5.43 Å². The van der Waals surface area contributed by atoms with E-state index in [1.807, 2.05) is 5.43 Å². The molecule has 0 aliphatic rings. The van der Waals surface area contributed by atoms with Gasteiger partial charge >= 0.3 is 5.91 Å². The van der Waals surface area contributed by atoms with Crippen LogP contribution in [0.1, 0.15) is 12.5 Å². The summed E-state index contributed by atoms with van der Waals surface area (Å²) in [7, 11) is 0. The van der Waals surface area contributed by atoms with E-state index in [4.69, 9.17) is 5.26 Å². The van der Waals surface area contributed by atoms with Crippen molar-refractivity contribution in [3.63, 3.8) is 0 Å². The van der Waals surface area contributed by atoms with Crippen LogP contribution in [-0.2, 0) is 4.79 Å². The number of hydrogen-bond donors (Lipinski definition) is 3. The number of rotatable bonds is 2. The summed E-state index contributed by atoms with van der Waals surface area (Å²) in [5, 5.41) is 30.4. The molecule has 1 amide bonds. The molecule has 3 N–H and O–H groups in total. The third-order valence-corrected chi connectivity index (χ3v) is 1.80. The minimum absolute atomic E-state index is 0.0334. The number of nitrogens with zero attached hydrogens (tertiary/aromatic N) is 2. The Morgan fingerprint density at radius 1 is 1.50 bits per heavy atom. The van der Waals surface area contributed by atoms with Gasteiger partial charge in [-0.2, -0.15) is 10.4 Å². The Balaban J connectivity index is 2.96. The fourth-order valence-corrected chi connectivity index (χ4v) is 1.03. The molecule has 1 aromatic carbocycles. The summed E-state index contributed by atoms with van der Waals surface area (Å²) in [6.45, 7) is 1.52. The fourth-order valence-electron chi connectivity index (χ4n) is 1.03. The molecule has 0 fully saturated rings. The molecule has 0 heterocycles. The molecule has 0 aliphatic heterocycles. The second kappa shape index (κ2) is 4.79. The summed E-state index contributed by atoms with van der Waals surface area (Å²) in [5.41, 5.74) is 2.52. The van der Waals surface area contributed by atoms with Crippen molar-refractivity contribution in [2.75, 3.05) is 0 Å². The minimum Gasteiger partial charge on any atom is -0.508 e. The first-order valence-electron chi connectivity index (χ1n) is 4.31. The minimum atomic E-state index is -0.904. The van der Waals surface area contributed by atoms with Gasteiger partial charge in [-0.25, -0.2) is 5.43 Å². The number of hydrogen-bond acceptors (Lipinski definition) is 5. The number of nitriles is 1. The van der Waals surface area contributed by atoms with E-state index in [-0.39, 0.29) is 22.8 Å². The number of phenolic OH excluding ortho intramolecular Hbond substituents is 2. The molecule has 0 radical (unpaired) electrons. The maximum absolute atomic E-state index is 10.6. The predicted molar refractivity (Wildman–Crippen MR) is 55.7 cm³/mol. The smallest absolute Gasteiger partial charge is 0.342 e. The van der Waals surface area contributed by atoms with Gasteiger partial charge in [0.1, 0.15) is 11.5 Å². The molecule has 0 unspecified atom stereocenters. The van der Waals surface area contributed by atoms with Crippen molar-refractivity contribution in [2.24, 2.45) is 5.10 Å². The van der Waals surface area contributed by atoms with Crippen molar-refractivity contribution in [1.82, 2.24) is 5.43 Å². The van der Waals surface area contributed by atoms with Crippen LogP contribution in [0.2, 0.25) is 0 Å². The molecule has 0 saturated heterocycles. The SMILES string of the molecule is C/C(=N/NC(=O)C#N)c1cc(O)ccc1O. The number of amides is 1. The van der Waals surface area contributed by atoms with Crippen LogP contribution in [-0.4, -0.2) is 21.8 Å². The average Bonchev–Trinajstić information content (AvgIpc) is 2.28. The Kier molecular flexibility index (Phi) is 3.45. The first kappa shape index (κ1) is 11.5. The first-order chi connectivity index (χ1) is 7.54. The molecule has 0 aromatic heterocycles. The lowest BCUT2D eigenvalue weighted by atomic mass is 10.1. The molecule has 82 valence electrons. The van der Waals surface area contributed by atoms with Crippen LogP contribution in [0.5, 0.6) is 11.5 Å². The lowest BCUT2D eigenvalue weighted by Crippen LogP contribution is -2.16. The van der Waals surface area contributed by atoms with E-state index in [0.29, 0.717) is 0 Å². The third kappa shape index (κ3) is 2.72. The Hall–Kier alpha value is -2.55. The molecule has 16 heavy (non-hydrogen) atoms. The molecule has 6 heteroatoms. The summed E-state index contributed by atoms with van der Waals surface area (Å²) in [6.07, 6.45) is 0. The second-order valence-electron chi connectivity index (χ2n) is 2.95. The number of hydrazone groups is 1. The molecule has 0 bridgehead atoms. The van der Waals surface area contributed by atoms with E-state index in [1.54, 1.807) is 0 Å². The monoisotopic (exact) mass is 219 g/mol. The molecule has 1 rings (SSSR count). The Morgan fingerprint density at radius 3 is 2.81 bits per heavy atom. The summed E-state index contributed by atoms with van der Waals surface area (Å²) in [4.78, 5) is 10.6. The number of benzene rings is 1. The van der Waals surface area contributed by atoms with Crippen LogP contribution >= 0.6 is 0 Å². The number of phenols is 2. The first-order valence-corrected chi connectivity index (χ1v) is 4.31. The summed E-state index contributed by atoms with van der Waals surface area (Å²) in [6, 6.07) is 5.25. The maximum Gasteiger partial charge on any atom is 0.342 e. The zero-order chi connectivity index (χ0) is 12.1. The van der Waals surface area contributed by atoms with Gasteiger partial charge in [0, 0.05) is 5.56 Å². The normalized spacial score (nSPS) is 10.6. The van der Waals surface area contributed by atoms with Crippen molar-refractivity contribution < 1.29 is 15.0 Å². The van der Waals surface area contributed by atoms with Crippen molar-refractivity contribution in [2.45, 2.75) is 6.92 Å². The van der Waals surface area contributed by atoms with E-state index < -0.39 is 5.91 Å². The van der Waals surface area contributed by atoms with Gasteiger partial charge in [0.05, 0.1) is 5.71 Å². The highest BCUT2D eigenvalue weighted by Crippen LogP contribution is 2.22. The van der Waals surface area contributed by atoms with E-state index in [2.05, 4.69) is 5.10 Å². The number of nitrogens with one attached hydrogen (secondary N) is 1. The fraction of sp³-hybridized carbons (Fsp3) is 0.100. The number of carbonyl (C=O) groups excluding carboxylic acids is 1. The molecule has 6 nitrogen and oxygen atoms in total. The van der Waals surface area contributed by atoms with Crippen molar-refractivity contribution in [3.8, 4) is 17.6 Å². The largest absolute Gasteiger partial charge is 0.508 e. The van der Waals surface area contributed by atoms with Gasteiger partial charge in [0.2, 0.25) is 0 Å². The molecular weight excluding hydrogens is 210 g/mol. The maximum atomic E-state index is 10.6. The topological polar surface area (TPSA) is 106 Å². The number of carbonyl (C=O) groups is 1. The molecule has 0 atom stereocenters. The summed E-state index contributed by atoms with van der Waals surface area (Å²) >= 11 is 0. The average molecular weight is 219 g/mol. The Morgan fingerprint density at radius 2 is 2.19 bits per heavy atom. The van der Waals surface area contributed by atoms with Gasteiger partial charge in [0.25, 0.3) is 0 Å². The quantitative estimate of drug-likeness (QED) is 0.291. The zero-order valence-electron chi connectivity index (χ0n) is 8.43. The number of aromatic hydroxyl groups is 2. The molecule has 0 spiro atoms. The van der Waals surface area contributed by atoms with Crippen LogP contribution in [0.4, 0.5) is 0 Å². The standard InChI is InChI=1S/C10H9N3O3/c1-6(12-13-10(16)5-11)8-4-7(14)2-3-9(8)15/h2-4,14-15H,1H3,(H,13,16)/b12-6-. The van der Waals surface area contributed by atoms with Crippen molar-refractivity contribution in [1.29, 1.82) is 5.26 Å². The molecular formula is C10H9N3O3. The van der Waals surface area contributed by atoms with Gasteiger partial charge < -0.3 is 10.2 Å². The van der Waals surface area contributed by atoms with E-state index in [9.17, 15) is 15.0 Å². The van der Waals surface area contributed by atoms with E-state index in [1.165, 1.54) is 31.2 Å².